The molecule has 0 radical (unpaired) electrons. The summed E-state index contributed by atoms with van der Waals surface area (Å²) >= 11 is 2.73. The van der Waals surface area contributed by atoms with E-state index in [1.165, 1.54) is 6.07 Å². The number of nitrogen functional groups attached to an aromatic ring is 1. The van der Waals surface area contributed by atoms with Gasteiger partial charge in [-0.1, -0.05) is 0 Å². The van der Waals surface area contributed by atoms with Gasteiger partial charge in [-0.3, -0.25) is 0 Å². The lowest BCUT2D eigenvalue weighted by molar-refractivity contribution is -0.275. The molecule has 0 amide bonds. The molecule has 0 atom stereocenters. The zero-order chi connectivity index (χ0) is 11.6. The van der Waals surface area contributed by atoms with E-state index in [-0.39, 0.29) is 10.3 Å². The Morgan fingerprint density at radius 1 is 1.53 bits per heavy atom. The Hall–Kier alpha value is -1.49. The minimum absolute atomic E-state index is 0.181. The fraction of sp³-hybridized carbons (Fsp3) is 0.143. The first-order valence-electron chi connectivity index (χ1n) is 3.45. The lowest BCUT2D eigenvalue weighted by Gasteiger charge is -2.11. The lowest BCUT2D eigenvalue weighted by Crippen LogP contribution is -2.18. The zero-order valence-corrected chi connectivity index (χ0v) is 8.56. The van der Waals surface area contributed by atoms with E-state index in [1.807, 2.05) is 0 Å². The molecule has 0 fully saturated rings. The van der Waals surface area contributed by atoms with E-state index in [9.17, 15) is 13.2 Å². The molecule has 0 saturated heterocycles. The van der Waals surface area contributed by atoms with Crippen molar-refractivity contribution in [1.29, 1.82) is 5.26 Å². The monoisotopic (exact) mass is 281 g/mol. The highest BCUT2D eigenvalue weighted by Gasteiger charge is 2.34. The summed E-state index contributed by atoms with van der Waals surface area (Å²) in [4.78, 5) is 3.49. The number of nitrogens with two attached hydrogens (primary N) is 1. The number of alkyl halides is 3. The van der Waals surface area contributed by atoms with Crippen molar-refractivity contribution in [2.75, 3.05) is 5.73 Å². The van der Waals surface area contributed by atoms with Crippen LogP contribution in [-0.2, 0) is 0 Å². The molecule has 0 aliphatic carbocycles. The first-order valence-corrected chi connectivity index (χ1v) is 4.24. The predicted molar refractivity (Wildman–Crippen MR) is 47.7 cm³/mol. The number of ether oxygens (including phenoxy) is 1. The standard InChI is InChI=1S/C7H3BrF3N3O/c8-6-5(15-7(9,10)11)3(1-12)4(13)2-14-6/h2H,13H2. The highest BCUT2D eigenvalue weighted by atomic mass is 79.9. The Bertz CT molecular complexity index is 427. The molecule has 0 aliphatic heterocycles. The third-order valence-electron chi connectivity index (χ3n) is 1.35. The van der Waals surface area contributed by atoms with Crippen molar-refractivity contribution in [3.05, 3.63) is 16.4 Å². The Morgan fingerprint density at radius 2 is 2.13 bits per heavy atom. The van der Waals surface area contributed by atoms with Crippen molar-refractivity contribution in [2.45, 2.75) is 6.36 Å². The van der Waals surface area contributed by atoms with Crippen LogP contribution in [0.5, 0.6) is 5.75 Å². The Labute approximate surface area is 90.6 Å². The summed E-state index contributed by atoms with van der Waals surface area (Å²) in [5.74, 6) is -0.731. The van der Waals surface area contributed by atoms with Crippen molar-refractivity contribution < 1.29 is 17.9 Å². The third kappa shape index (κ3) is 2.73. The van der Waals surface area contributed by atoms with E-state index in [0.29, 0.717) is 0 Å². The lowest BCUT2D eigenvalue weighted by atomic mass is 10.2. The summed E-state index contributed by atoms with van der Waals surface area (Å²) in [5, 5.41) is 8.59. The Balaban J connectivity index is 3.28. The summed E-state index contributed by atoms with van der Waals surface area (Å²) in [6, 6.07) is 1.51. The minimum Gasteiger partial charge on any atom is -0.401 e. The maximum Gasteiger partial charge on any atom is 0.573 e. The molecule has 1 heterocycles. The molecule has 0 spiro atoms. The number of hydrogen-bond acceptors (Lipinski definition) is 4. The van der Waals surface area contributed by atoms with E-state index in [4.69, 9.17) is 11.0 Å². The molecular weight excluding hydrogens is 279 g/mol. The van der Waals surface area contributed by atoms with Crippen LogP contribution in [0.3, 0.4) is 0 Å². The molecule has 80 valence electrons. The number of nitrogens with zero attached hydrogens (tertiary/aromatic N) is 2. The van der Waals surface area contributed by atoms with Crippen LogP contribution in [0.2, 0.25) is 0 Å². The van der Waals surface area contributed by atoms with Gasteiger partial charge in [0.25, 0.3) is 0 Å². The van der Waals surface area contributed by atoms with Gasteiger partial charge in [-0.05, 0) is 15.9 Å². The van der Waals surface area contributed by atoms with Crippen LogP contribution in [0.15, 0.2) is 10.8 Å². The Morgan fingerprint density at radius 3 is 2.60 bits per heavy atom. The van der Waals surface area contributed by atoms with Crippen LogP contribution in [0.25, 0.3) is 0 Å². The fourth-order valence-electron chi connectivity index (χ4n) is 0.808. The summed E-state index contributed by atoms with van der Waals surface area (Å²) in [7, 11) is 0. The van der Waals surface area contributed by atoms with Gasteiger partial charge < -0.3 is 10.5 Å². The van der Waals surface area contributed by atoms with E-state index in [1.54, 1.807) is 0 Å². The number of rotatable bonds is 1. The van der Waals surface area contributed by atoms with Crippen LogP contribution in [-0.4, -0.2) is 11.3 Å². The van der Waals surface area contributed by atoms with E-state index in [2.05, 4.69) is 25.7 Å². The topological polar surface area (TPSA) is 71.9 Å². The van der Waals surface area contributed by atoms with Crippen molar-refractivity contribution in [3.8, 4) is 11.8 Å². The van der Waals surface area contributed by atoms with Gasteiger partial charge in [0.15, 0.2) is 5.75 Å². The van der Waals surface area contributed by atoms with Crippen LogP contribution in [0.4, 0.5) is 18.9 Å². The summed E-state index contributed by atoms with van der Waals surface area (Å²) in [6.07, 6.45) is -3.84. The molecule has 15 heavy (non-hydrogen) atoms. The number of pyridine rings is 1. The van der Waals surface area contributed by atoms with Crippen molar-refractivity contribution in [3.63, 3.8) is 0 Å². The first-order chi connectivity index (χ1) is 6.85. The number of aromatic nitrogens is 1. The van der Waals surface area contributed by atoms with Crippen LogP contribution in [0, 0.1) is 11.3 Å². The SMILES string of the molecule is N#Cc1c(N)cnc(Br)c1OC(F)(F)F. The minimum atomic E-state index is -4.90. The predicted octanol–water partition coefficient (Wildman–Crippen LogP) is 2.20. The average molecular weight is 282 g/mol. The molecule has 4 nitrogen and oxygen atoms in total. The third-order valence-corrected chi connectivity index (χ3v) is 1.91. The molecule has 0 bridgehead atoms. The van der Waals surface area contributed by atoms with Gasteiger partial charge in [0, 0.05) is 0 Å². The Kier molecular flexibility index (Phi) is 3.04. The number of anilines is 1. The normalized spacial score (nSPS) is 10.9. The van der Waals surface area contributed by atoms with Gasteiger partial charge in [-0.2, -0.15) is 5.26 Å². The zero-order valence-electron chi connectivity index (χ0n) is 6.97. The highest BCUT2D eigenvalue weighted by Crippen LogP contribution is 2.34. The second kappa shape index (κ2) is 3.94. The van der Waals surface area contributed by atoms with Gasteiger partial charge in [-0.25, -0.2) is 4.98 Å². The maximum absolute atomic E-state index is 11.9. The van der Waals surface area contributed by atoms with Crippen LogP contribution >= 0.6 is 15.9 Å². The summed E-state index contributed by atoms with van der Waals surface area (Å²) in [6.45, 7) is 0. The molecule has 1 rings (SSSR count). The summed E-state index contributed by atoms with van der Waals surface area (Å²) < 4.78 is 39.2. The van der Waals surface area contributed by atoms with Crippen molar-refractivity contribution in [2.24, 2.45) is 0 Å². The molecule has 1 aromatic heterocycles. The van der Waals surface area contributed by atoms with E-state index >= 15 is 0 Å². The smallest absolute Gasteiger partial charge is 0.401 e. The molecular formula is C7H3BrF3N3O. The second-order valence-electron chi connectivity index (χ2n) is 2.37. The first kappa shape index (κ1) is 11.6. The van der Waals surface area contributed by atoms with E-state index in [0.717, 1.165) is 6.20 Å². The molecule has 1 aromatic rings. The van der Waals surface area contributed by atoms with Crippen molar-refractivity contribution >= 4 is 21.6 Å². The number of nitriles is 1. The fourth-order valence-corrected chi connectivity index (χ4v) is 1.19. The molecule has 0 saturated carbocycles. The van der Waals surface area contributed by atoms with Gasteiger partial charge in [0.1, 0.15) is 16.2 Å². The van der Waals surface area contributed by atoms with E-state index < -0.39 is 17.7 Å². The average Bonchev–Trinajstić information content (AvgIpc) is 2.10. The molecule has 0 aromatic carbocycles. The van der Waals surface area contributed by atoms with Gasteiger partial charge in [0.2, 0.25) is 0 Å². The summed E-state index contributed by atoms with van der Waals surface area (Å²) in [5.41, 5.74) is 4.68. The molecule has 0 aliphatic rings. The quantitative estimate of drug-likeness (QED) is 0.801. The van der Waals surface area contributed by atoms with Gasteiger partial charge in [-0.15, -0.1) is 13.2 Å². The van der Waals surface area contributed by atoms with Gasteiger partial charge >= 0.3 is 6.36 Å². The number of hydrogen-bond donors (Lipinski definition) is 1. The molecule has 8 heteroatoms. The highest BCUT2D eigenvalue weighted by molar-refractivity contribution is 9.10. The molecule has 0 unspecified atom stereocenters. The van der Waals surface area contributed by atoms with Crippen LogP contribution in [0.1, 0.15) is 5.56 Å². The van der Waals surface area contributed by atoms with Gasteiger partial charge in [0.05, 0.1) is 11.9 Å². The number of halogens is 4. The second-order valence-corrected chi connectivity index (χ2v) is 3.12. The molecule has 2 N–H and O–H groups in total. The largest absolute Gasteiger partial charge is 0.573 e. The van der Waals surface area contributed by atoms with Crippen molar-refractivity contribution in [1.82, 2.24) is 4.98 Å². The van der Waals surface area contributed by atoms with Crippen LogP contribution < -0.4 is 10.5 Å². The maximum atomic E-state index is 11.9.